The van der Waals surface area contributed by atoms with E-state index in [9.17, 15) is 9.59 Å². The van der Waals surface area contributed by atoms with Crippen LogP contribution in [0.4, 0.5) is 4.79 Å². The molecule has 1 aliphatic heterocycles. The van der Waals surface area contributed by atoms with E-state index in [1.54, 1.807) is 24.1 Å². The van der Waals surface area contributed by atoms with Gasteiger partial charge in [-0.2, -0.15) is 0 Å². The summed E-state index contributed by atoms with van der Waals surface area (Å²) >= 11 is 0. The van der Waals surface area contributed by atoms with E-state index in [1.807, 2.05) is 20.8 Å². The second-order valence-electron chi connectivity index (χ2n) is 6.21. The second-order valence-corrected chi connectivity index (χ2v) is 6.21. The van der Waals surface area contributed by atoms with E-state index < -0.39 is 11.6 Å². The number of fused-ring (bicyclic) bond motifs is 1. The van der Waals surface area contributed by atoms with Gasteiger partial charge in [0.1, 0.15) is 11.3 Å². The lowest BCUT2D eigenvalue weighted by Gasteiger charge is -2.31. The van der Waals surface area contributed by atoms with Gasteiger partial charge in [-0.15, -0.1) is 0 Å². The number of carbonyl (C=O) groups is 2. The number of esters is 1. The summed E-state index contributed by atoms with van der Waals surface area (Å²) in [6, 6.07) is 1.70. The molecule has 0 spiro atoms. The van der Waals surface area contributed by atoms with Crippen molar-refractivity contribution in [1.82, 2.24) is 9.88 Å². The van der Waals surface area contributed by atoms with Crippen LogP contribution in [0.1, 0.15) is 49.3 Å². The highest BCUT2D eigenvalue weighted by atomic mass is 16.6. The van der Waals surface area contributed by atoms with Crippen LogP contribution in [0.2, 0.25) is 0 Å². The van der Waals surface area contributed by atoms with Gasteiger partial charge >= 0.3 is 12.1 Å². The van der Waals surface area contributed by atoms with Gasteiger partial charge in [0, 0.05) is 19.3 Å². The zero-order valence-corrected chi connectivity index (χ0v) is 13.5. The molecule has 6 heteroatoms. The molecule has 1 aromatic rings. The predicted molar refractivity (Wildman–Crippen MR) is 80.5 cm³/mol. The molecule has 0 atom stereocenters. The summed E-state index contributed by atoms with van der Waals surface area (Å²) < 4.78 is 10.3. The highest BCUT2D eigenvalue weighted by Crippen LogP contribution is 2.21. The van der Waals surface area contributed by atoms with Gasteiger partial charge in [-0.1, -0.05) is 0 Å². The molecule has 1 aliphatic rings. The number of hydrogen-bond donors (Lipinski definition) is 0. The quantitative estimate of drug-likeness (QED) is 0.785. The fourth-order valence-corrected chi connectivity index (χ4v) is 2.24. The molecule has 0 bridgehead atoms. The molecule has 0 radical (unpaired) electrons. The maximum atomic E-state index is 12.1. The lowest BCUT2D eigenvalue weighted by Crippen LogP contribution is -2.40. The van der Waals surface area contributed by atoms with Crippen LogP contribution >= 0.6 is 0 Å². The highest BCUT2D eigenvalue weighted by molar-refractivity contribution is 5.87. The first-order chi connectivity index (χ1) is 10.3. The number of pyridine rings is 1. The van der Waals surface area contributed by atoms with Gasteiger partial charge in [-0.05, 0) is 51.3 Å². The Morgan fingerprint density at radius 3 is 2.68 bits per heavy atom. The van der Waals surface area contributed by atoms with Crippen LogP contribution in [0.15, 0.2) is 12.3 Å². The van der Waals surface area contributed by atoms with Crippen molar-refractivity contribution >= 4 is 12.1 Å². The number of ether oxygens (including phenoxy) is 2. The summed E-state index contributed by atoms with van der Waals surface area (Å²) in [6.07, 6.45) is 2.05. The zero-order chi connectivity index (χ0) is 16.3. The monoisotopic (exact) mass is 306 g/mol. The summed E-state index contributed by atoms with van der Waals surface area (Å²) in [4.78, 5) is 29.7. The third-order valence-corrected chi connectivity index (χ3v) is 3.23. The summed E-state index contributed by atoms with van der Waals surface area (Å²) in [6.45, 7) is 8.58. The van der Waals surface area contributed by atoms with Gasteiger partial charge in [0.25, 0.3) is 0 Å². The van der Waals surface area contributed by atoms with Crippen molar-refractivity contribution in [2.75, 3.05) is 13.2 Å². The van der Waals surface area contributed by atoms with Crippen molar-refractivity contribution in [3.05, 3.63) is 29.1 Å². The zero-order valence-electron chi connectivity index (χ0n) is 13.5. The molecule has 120 valence electrons. The molecule has 2 heterocycles. The van der Waals surface area contributed by atoms with Crippen molar-refractivity contribution in [3.63, 3.8) is 0 Å². The molecule has 0 N–H and O–H groups in total. The Hall–Kier alpha value is -2.11. The van der Waals surface area contributed by atoms with E-state index >= 15 is 0 Å². The molecule has 0 saturated heterocycles. The summed E-state index contributed by atoms with van der Waals surface area (Å²) in [5, 5.41) is 0. The fraction of sp³-hybridized carbons (Fsp3) is 0.562. The van der Waals surface area contributed by atoms with E-state index in [1.165, 1.54) is 0 Å². The van der Waals surface area contributed by atoms with Crippen LogP contribution in [0.25, 0.3) is 0 Å². The van der Waals surface area contributed by atoms with E-state index in [-0.39, 0.29) is 11.8 Å². The third-order valence-electron chi connectivity index (χ3n) is 3.23. The standard InChI is InChI=1S/C16H22N2O4/c1-5-21-14(19)13-8-12-10-18(7-6-11(12)9-17-13)15(20)22-16(2,3)4/h8-9H,5-7,10H2,1-4H3. The molecule has 1 amide bonds. The lowest BCUT2D eigenvalue weighted by atomic mass is 10.0. The Labute approximate surface area is 130 Å². The van der Waals surface area contributed by atoms with E-state index in [0.29, 0.717) is 26.1 Å². The molecule has 0 unspecified atom stereocenters. The topological polar surface area (TPSA) is 68.7 Å². The molecule has 6 nitrogen and oxygen atoms in total. The number of rotatable bonds is 2. The summed E-state index contributed by atoms with van der Waals surface area (Å²) in [5.41, 5.74) is 1.71. The number of carbonyl (C=O) groups excluding carboxylic acids is 2. The van der Waals surface area contributed by atoms with Crippen molar-refractivity contribution in [2.45, 2.75) is 46.3 Å². The van der Waals surface area contributed by atoms with E-state index in [0.717, 1.165) is 11.1 Å². The van der Waals surface area contributed by atoms with Crippen LogP contribution in [0, 0.1) is 0 Å². The molecular formula is C16H22N2O4. The van der Waals surface area contributed by atoms with Crippen molar-refractivity contribution in [3.8, 4) is 0 Å². The minimum absolute atomic E-state index is 0.270. The van der Waals surface area contributed by atoms with Crippen LogP contribution < -0.4 is 0 Å². The van der Waals surface area contributed by atoms with Crippen LogP contribution in [0.5, 0.6) is 0 Å². The first-order valence-electron chi connectivity index (χ1n) is 7.43. The second kappa shape index (κ2) is 6.34. The van der Waals surface area contributed by atoms with Crippen LogP contribution in [-0.2, 0) is 22.4 Å². The molecule has 2 rings (SSSR count). The van der Waals surface area contributed by atoms with Gasteiger partial charge in [0.2, 0.25) is 0 Å². The van der Waals surface area contributed by atoms with Crippen LogP contribution in [0.3, 0.4) is 0 Å². The number of hydrogen-bond acceptors (Lipinski definition) is 5. The predicted octanol–water partition coefficient (Wildman–Crippen LogP) is 2.55. The van der Waals surface area contributed by atoms with Crippen molar-refractivity contribution in [1.29, 1.82) is 0 Å². The average Bonchev–Trinajstić information content (AvgIpc) is 2.44. The summed E-state index contributed by atoms with van der Waals surface area (Å²) in [5.74, 6) is -0.445. The smallest absolute Gasteiger partial charge is 0.410 e. The summed E-state index contributed by atoms with van der Waals surface area (Å²) in [7, 11) is 0. The molecule has 0 aliphatic carbocycles. The highest BCUT2D eigenvalue weighted by Gasteiger charge is 2.26. The van der Waals surface area contributed by atoms with Gasteiger partial charge in [0.15, 0.2) is 0 Å². The minimum atomic E-state index is -0.522. The number of aromatic nitrogens is 1. The van der Waals surface area contributed by atoms with Gasteiger partial charge in [0.05, 0.1) is 6.61 Å². The minimum Gasteiger partial charge on any atom is -0.461 e. The SMILES string of the molecule is CCOC(=O)c1cc2c(cn1)CCN(C(=O)OC(C)(C)C)C2. The Balaban J connectivity index is 2.13. The van der Waals surface area contributed by atoms with E-state index in [4.69, 9.17) is 9.47 Å². The third kappa shape index (κ3) is 3.96. The van der Waals surface area contributed by atoms with Gasteiger partial charge in [-0.3, -0.25) is 0 Å². The van der Waals surface area contributed by atoms with Gasteiger partial charge < -0.3 is 14.4 Å². The Bertz CT molecular complexity index is 578. The maximum absolute atomic E-state index is 12.1. The molecule has 1 aromatic heterocycles. The van der Waals surface area contributed by atoms with E-state index in [2.05, 4.69) is 4.98 Å². The fourth-order valence-electron chi connectivity index (χ4n) is 2.24. The Kier molecular flexibility index (Phi) is 4.68. The normalized spacial score (nSPS) is 14.3. The van der Waals surface area contributed by atoms with Crippen molar-refractivity contribution in [2.24, 2.45) is 0 Å². The Morgan fingerprint density at radius 2 is 2.05 bits per heavy atom. The number of amides is 1. The molecule has 22 heavy (non-hydrogen) atoms. The number of nitrogens with zero attached hydrogens (tertiary/aromatic N) is 2. The first-order valence-corrected chi connectivity index (χ1v) is 7.43. The first kappa shape index (κ1) is 16.3. The molecule has 0 fully saturated rings. The lowest BCUT2D eigenvalue weighted by molar-refractivity contribution is 0.0224. The Morgan fingerprint density at radius 1 is 1.32 bits per heavy atom. The van der Waals surface area contributed by atoms with Gasteiger partial charge in [-0.25, -0.2) is 14.6 Å². The van der Waals surface area contributed by atoms with Crippen molar-refractivity contribution < 1.29 is 19.1 Å². The largest absolute Gasteiger partial charge is 0.461 e. The van der Waals surface area contributed by atoms with Crippen LogP contribution in [-0.4, -0.2) is 40.7 Å². The molecule has 0 saturated carbocycles. The maximum Gasteiger partial charge on any atom is 0.410 e. The molecule has 0 aromatic carbocycles. The molecular weight excluding hydrogens is 284 g/mol. The average molecular weight is 306 g/mol.